The molecule has 0 N–H and O–H groups in total. The number of hydrogen-bond acceptors (Lipinski definition) is 2. The average molecular weight is 407 g/mol. The zero-order valence-corrected chi connectivity index (χ0v) is 17.9. The summed E-state index contributed by atoms with van der Waals surface area (Å²) < 4.78 is 20.3. The van der Waals surface area contributed by atoms with Crippen LogP contribution in [-0.4, -0.2) is 5.97 Å². The number of halogens is 1. The van der Waals surface area contributed by atoms with E-state index in [0.29, 0.717) is 11.7 Å². The van der Waals surface area contributed by atoms with Gasteiger partial charge in [-0.1, -0.05) is 35.9 Å². The predicted molar refractivity (Wildman–Crippen MR) is 118 cm³/mol. The molecule has 0 amide bonds. The van der Waals surface area contributed by atoms with Crippen LogP contribution in [0.5, 0.6) is 5.75 Å². The summed E-state index contributed by atoms with van der Waals surface area (Å²) in [5.41, 5.74) is 2.11. The molecule has 0 bridgehead atoms. The van der Waals surface area contributed by atoms with Crippen molar-refractivity contribution >= 4 is 5.97 Å². The maximum atomic E-state index is 15.0. The average Bonchev–Trinajstić information content (AvgIpc) is 2.75. The second kappa shape index (κ2) is 9.16. The highest BCUT2D eigenvalue weighted by Gasteiger charge is 2.36. The van der Waals surface area contributed by atoms with Crippen LogP contribution in [0.1, 0.15) is 72.9 Å². The Morgan fingerprint density at radius 1 is 1.00 bits per heavy atom. The van der Waals surface area contributed by atoms with Gasteiger partial charge in [-0.15, -0.1) is 0 Å². The third-order valence-corrected chi connectivity index (χ3v) is 7.03. The number of hydrogen-bond donors (Lipinski definition) is 0. The lowest BCUT2D eigenvalue weighted by atomic mass is 9.64. The summed E-state index contributed by atoms with van der Waals surface area (Å²) >= 11 is 0. The van der Waals surface area contributed by atoms with Gasteiger partial charge in [-0.05, 0) is 106 Å². The highest BCUT2D eigenvalue weighted by atomic mass is 19.1. The second-order valence-corrected chi connectivity index (χ2v) is 9.07. The standard InChI is InChI=1S/C27H31FO2/c1-3-4-19-7-8-21-16-22(10-9-20(21)15-19)25-14-11-23(17-26(25)28)27(29)30-24-12-5-18(2)6-13-24/h3-6,11-14,17,19-22H,7-10,15-16H2,1-2H3/b4-3+. The van der Waals surface area contributed by atoms with Gasteiger partial charge in [0, 0.05) is 0 Å². The van der Waals surface area contributed by atoms with E-state index in [2.05, 4.69) is 19.1 Å². The number of benzene rings is 2. The number of ether oxygens (including phenoxy) is 1. The molecule has 0 aliphatic heterocycles. The molecule has 0 saturated heterocycles. The Balaban J connectivity index is 1.41. The van der Waals surface area contributed by atoms with Gasteiger partial charge in [0.05, 0.1) is 5.56 Å². The minimum Gasteiger partial charge on any atom is -0.423 e. The molecule has 2 aliphatic rings. The largest absolute Gasteiger partial charge is 0.423 e. The fraction of sp³-hybridized carbons (Fsp3) is 0.444. The smallest absolute Gasteiger partial charge is 0.343 e. The van der Waals surface area contributed by atoms with Crippen LogP contribution in [0.3, 0.4) is 0 Å². The summed E-state index contributed by atoms with van der Waals surface area (Å²) in [5.74, 6) is 2.14. The molecular weight excluding hydrogens is 375 g/mol. The molecule has 3 heteroatoms. The van der Waals surface area contributed by atoms with Crippen molar-refractivity contribution in [2.75, 3.05) is 0 Å². The molecule has 0 spiro atoms. The van der Waals surface area contributed by atoms with Gasteiger partial charge in [0.2, 0.25) is 0 Å². The van der Waals surface area contributed by atoms with Crippen LogP contribution >= 0.6 is 0 Å². The van der Waals surface area contributed by atoms with Crippen molar-refractivity contribution in [3.63, 3.8) is 0 Å². The maximum absolute atomic E-state index is 15.0. The molecule has 4 atom stereocenters. The molecule has 4 rings (SSSR count). The van der Waals surface area contributed by atoms with E-state index in [1.807, 2.05) is 19.1 Å². The number of carbonyl (C=O) groups is 1. The van der Waals surface area contributed by atoms with Gasteiger partial charge in [-0.3, -0.25) is 0 Å². The van der Waals surface area contributed by atoms with Crippen LogP contribution in [-0.2, 0) is 0 Å². The first-order chi connectivity index (χ1) is 14.5. The number of fused-ring (bicyclic) bond motifs is 1. The number of allylic oxidation sites excluding steroid dienone is 2. The molecule has 158 valence electrons. The zero-order valence-electron chi connectivity index (χ0n) is 17.9. The second-order valence-electron chi connectivity index (χ2n) is 9.07. The lowest BCUT2D eigenvalue weighted by Gasteiger charge is -2.41. The Hall–Kier alpha value is -2.42. The van der Waals surface area contributed by atoms with E-state index in [1.165, 1.54) is 31.7 Å². The fourth-order valence-electron chi connectivity index (χ4n) is 5.41. The topological polar surface area (TPSA) is 26.3 Å². The molecule has 2 aliphatic carbocycles. The Morgan fingerprint density at radius 2 is 1.73 bits per heavy atom. The molecule has 2 nitrogen and oxygen atoms in total. The third kappa shape index (κ3) is 4.66. The minimum atomic E-state index is -0.518. The van der Waals surface area contributed by atoms with Gasteiger partial charge in [0.15, 0.2) is 0 Å². The number of carbonyl (C=O) groups excluding carboxylic acids is 1. The predicted octanol–water partition coefficient (Wildman–Crippen LogP) is 7.23. The quantitative estimate of drug-likeness (QED) is 0.304. The van der Waals surface area contributed by atoms with Crippen molar-refractivity contribution in [3.05, 3.63) is 77.1 Å². The third-order valence-electron chi connectivity index (χ3n) is 7.03. The monoisotopic (exact) mass is 406 g/mol. The van der Waals surface area contributed by atoms with Crippen molar-refractivity contribution in [2.24, 2.45) is 17.8 Å². The van der Waals surface area contributed by atoms with E-state index >= 15 is 0 Å². The molecule has 2 aromatic rings. The van der Waals surface area contributed by atoms with Gasteiger partial charge >= 0.3 is 5.97 Å². The van der Waals surface area contributed by atoms with Crippen LogP contribution in [0.4, 0.5) is 4.39 Å². The zero-order chi connectivity index (χ0) is 21.1. The first-order valence-electron chi connectivity index (χ1n) is 11.2. The Labute approximate surface area is 179 Å². The van der Waals surface area contributed by atoms with Crippen LogP contribution in [0.2, 0.25) is 0 Å². The maximum Gasteiger partial charge on any atom is 0.343 e. The van der Waals surface area contributed by atoms with Gasteiger partial charge < -0.3 is 4.74 Å². The van der Waals surface area contributed by atoms with E-state index in [4.69, 9.17) is 4.74 Å². The van der Waals surface area contributed by atoms with Crippen molar-refractivity contribution < 1.29 is 13.9 Å². The normalized spacial score (nSPS) is 26.4. The number of aryl methyl sites for hydroxylation is 1. The summed E-state index contributed by atoms with van der Waals surface area (Å²) in [6.07, 6.45) is 11.6. The molecule has 0 heterocycles. The van der Waals surface area contributed by atoms with Crippen LogP contribution in [0.15, 0.2) is 54.6 Å². The van der Waals surface area contributed by atoms with Crippen molar-refractivity contribution in [2.45, 2.75) is 58.3 Å². The van der Waals surface area contributed by atoms with E-state index in [0.717, 1.165) is 35.8 Å². The molecule has 30 heavy (non-hydrogen) atoms. The summed E-state index contributed by atoms with van der Waals surface area (Å²) in [7, 11) is 0. The van der Waals surface area contributed by atoms with E-state index < -0.39 is 5.97 Å². The minimum absolute atomic E-state index is 0.256. The van der Waals surface area contributed by atoms with Gasteiger partial charge in [-0.2, -0.15) is 0 Å². The molecule has 0 radical (unpaired) electrons. The molecule has 2 aromatic carbocycles. The summed E-state index contributed by atoms with van der Waals surface area (Å²) in [5, 5.41) is 0. The van der Waals surface area contributed by atoms with Crippen LogP contribution < -0.4 is 4.74 Å². The summed E-state index contributed by atoms with van der Waals surface area (Å²) in [4.78, 5) is 12.4. The van der Waals surface area contributed by atoms with Gasteiger partial charge in [-0.25, -0.2) is 9.18 Å². The van der Waals surface area contributed by atoms with Crippen molar-refractivity contribution in [3.8, 4) is 5.75 Å². The highest BCUT2D eigenvalue weighted by Crippen LogP contribution is 2.48. The van der Waals surface area contributed by atoms with Gasteiger partial charge in [0.25, 0.3) is 0 Å². The Bertz CT molecular complexity index is 915. The van der Waals surface area contributed by atoms with E-state index in [-0.39, 0.29) is 17.3 Å². The number of rotatable bonds is 4. The molecular formula is C27H31FO2. The first-order valence-corrected chi connectivity index (χ1v) is 11.2. The lowest BCUT2D eigenvalue weighted by Crippen LogP contribution is -2.30. The molecule has 4 unspecified atom stereocenters. The van der Waals surface area contributed by atoms with Crippen molar-refractivity contribution in [1.82, 2.24) is 0 Å². The fourth-order valence-corrected chi connectivity index (χ4v) is 5.41. The highest BCUT2D eigenvalue weighted by molar-refractivity contribution is 5.91. The van der Waals surface area contributed by atoms with E-state index in [9.17, 15) is 9.18 Å². The summed E-state index contributed by atoms with van der Waals surface area (Å²) in [6, 6.07) is 12.1. The molecule has 2 fully saturated rings. The van der Waals surface area contributed by atoms with Gasteiger partial charge in [0.1, 0.15) is 11.6 Å². The lowest BCUT2D eigenvalue weighted by molar-refractivity contribution is 0.0734. The van der Waals surface area contributed by atoms with Crippen molar-refractivity contribution in [1.29, 1.82) is 0 Å². The Kier molecular flexibility index (Phi) is 6.36. The van der Waals surface area contributed by atoms with Crippen LogP contribution in [0.25, 0.3) is 0 Å². The summed E-state index contributed by atoms with van der Waals surface area (Å²) in [6.45, 7) is 4.08. The number of esters is 1. The molecule has 2 saturated carbocycles. The molecule has 0 aromatic heterocycles. The first kappa shape index (κ1) is 20.8. The van der Waals surface area contributed by atoms with E-state index in [1.54, 1.807) is 24.3 Å². The van der Waals surface area contributed by atoms with Crippen LogP contribution in [0, 0.1) is 30.5 Å². The SMILES string of the molecule is C/C=C/C1CCC2CC(c3ccc(C(=O)Oc4ccc(C)cc4)cc3F)CCC2C1. The Morgan fingerprint density at radius 3 is 2.47 bits per heavy atom.